The Bertz CT molecular complexity index is 1030. The number of aryl methyl sites for hydroxylation is 2. The van der Waals surface area contributed by atoms with E-state index in [1.54, 1.807) is 12.1 Å². The van der Waals surface area contributed by atoms with E-state index in [1.165, 1.54) is 0 Å². The average molecular weight is 333 g/mol. The van der Waals surface area contributed by atoms with Crippen LogP contribution in [0.5, 0.6) is 0 Å². The Hall–Kier alpha value is -3.41. The fraction of sp³-hybridized carbons (Fsp3) is 0.105. The summed E-state index contributed by atoms with van der Waals surface area (Å²) in [5.41, 5.74) is 3.66. The van der Waals surface area contributed by atoms with E-state index in [9.17, 15) is 4.79 Å². The van der Waals surface area contributed by atoms with Crippen molar-refractivity contribution >= 4 is 22.9 Å². The van der Waals surface area contributed by atoms with Gasteiger partial charge in [0.15, 0.2) is 5.76 Å². The first kappa shape index (κ1) is 15.1. The Morgan fingerprint density at radius 1 is 0.960 bits per heavy atom. The minimum absolute atomic E-state index is 0.0274. The summed E-state index contributed by atoms with van der Waals surface area (Å²) in [6.45, 7) is 3.99. The van der Waals surface area contributed by atoms with Crippen LogP contribution < -0.4 is 5.32 Å². The molecule has 2 aromatic carbocycles. The summed E-state index contributed by atoms with van der Waals surface area (Å²) < 4.78 is 11.1. The van der Waals surface area contributed by atoms with Crippen molar-refractivity contribution in [3.63, 3.8) is 0 Å². The van der Waals surface area contributed by atoms with Crippen LogP contribution in [0.2, 0.25) is 0 Å². The van der Waals surface area contributed by atoms with Gasteiger partial charge in [0, 0.05) is 10.9 Å². The summed E-state index contributed by atoms with van der Waals surface area (Å²) in [5.74, 6) is 0.103. The Kier molecular flexibility index (Phi) is 3.57. The molecule has 2 aromatic heterocycles. The van der Waals surface area contributed by atoms with Crippen LogP contribution in [0.1, 0.15) is 21.7 Å². The third kappa shape index (κ3) is 3.01. The molecule has 4 aromatic rings. The Morgan fingerprint density at radius 3 is 2.48 bits per heavy atom. The maximum atomic E-state index is 12.3. The highest BCUT2D eigenvalue weighted by Crippen LogP contribution is 2.23. The number of nitrogens with one attached hydrogen (secondary N) is 1. The van der Waals surface area contributed by atoms with Crippen molar-refractivity contribution in [3.05, 3.63) is 65.4 Å². The predicted molar refractivity (Wildman–Crippen MR) is 93.4 cm³/mol. The molecule has 0 saturated carbocycles. The molecule has 0 aliphatic carbocycles. The van der Waals surface area contributed by atoms with Gasteiger partial charge in [0.2, 0.25) is 5.89 Å². The number of benzene rings is 2. The lowest BCUT2D eigenvalue weighted by molar-refractivity contribution is 0.0996. The third-order valence-corrected chi connectivity index (χ3v) is 3.76. The topological polar surface area (TPSA) is 81.2 Å². The van der Waals surface area contributed by atoms with Gasteiger partial charge in [-0.05, 0) is 38.1 Å². The number of carbonyl (C=O) groups excluding carboxylic acids is 1. The van der Waals surface area contributed by atoms with Crippen molar-refractivity contribution in [3.8, 4) is 11.5 Å². The van der Waals surface area contributed by atoms with E-state index >= 15 is 0 Å². The number of para-hydroxylation sites is 1. The molecule has 0 aliphatic rings. The lowest BCUT2D eigenvalue weighted by atomic mass is 10.1. The maximum absolute atomic E-state index is 12.3. The highest BCUT2D eigenvalue weighted by Gasteiger charge is 2.16. The molecule has 6 heteroatoms. The smallest absolute Gasteiger partial charge is 0.322 e. The van der Waals surface area contributed by atoms with E-state index in [4.69, 9.17) is 8.83 Å². The first-order valence-electron chi connectivity index (χ1n) is 7.80. The number of carbonyl (C=O) groups is 1. The van der Waals surface area contributed by atoms with Crippen LogP contribution in [0.3, 0.4) is 0 Å². The number of fused-ring (bicyclic) bond motifs is 1. The molecule has 0 unspecified atom stereocenters. The monoisotopic (exact) mass is 333 g/mol. The van der Waals surface area contributed by atoms with Crippen LogP contribution in [0, 0.1) is 13.8 Å². The van der Waals surface area contributed by atoms with Crippen molar-refractivity contribution in [2.45, 2.75) is 13.8 Å². The number of amides is 1. The van der Waals surface area contributed by atoms with Crippen LogP contribution in [0.25, 0.3) is 22.4 Å². The second-order valence-corrected chi connectivity index (χ2v) is 5.89. The molecule has 4 rings (SSSR count). The van der Waals surface area contributed by atoms with Gasteiger partial charge in [-0.1, -0.05) is 40.5 Å². The number of nitrogens with zero attached hydrogens (tertiary/aromatic N) is 2. The lowest BCUT2D eigenvalue weighted by Crippen LogP contribution is -2.10. The van der Waals surface area contributed by atoms with Gasteiger partial charge in [-0.2, -0.15) is 0 Å². The molecule has 0 fully saturated rings. The van der Waals surface area contributed by atoms with Crippen molar-refractivity contribution in [2.75, 3.05) is 5.32 Å². The van der Waals surface area contributed by atoms with Gasteiger partial charge in [-0.3, -0.25) is 10.1 Å². The number of hydrogen-bond acceptors (Lipinski definition) is 5. The molecule has 0 spiro atoms. The molecule has 25 heavy (non-hydrogen) atoms. The van der Waals surface area contributed by atoms with Crippen LogP contribution in [0.4, 0.5) is 6.01 Å². The molecular weight excluding hydrogens is 318 g/mol. The summed E-state index contributed by atoms with van der Waals surface area (Å²) >= 11 is 0. The largest absolute Gasteiger partial charge is 0.451 e. The minimum Gasteiger partial charge on any atom is -0.451 e. The first-order chi connectivity index (χ1) is 12.1. The Labute approximate surface area is 143 Å². The van der Waals surface area contributed by atoms with Gasteiger partial charge < -0.3 is 8.83 Å². The maximum Gasteiger partial charge on any atom is 0.322 e. The molecule has 0 saturated heterocycles. The highest BCUT2D eigenvalue weighted by molar-refractivity contribution is 6.03. The van der Waals surface area contributed by atoms with E-state index in [0.29, 0.717) is 11.5 Å². The van der Waals surface area contributed by atoms with E-state index < -0.39 is 5.91 Å². The summed E-state index contributed by atoms with van der Waals surface area (Å²) in [4.78, 5) is 12.3. The number of anilines is 1. The lowest BCUT2D eigenvalue weighted by Gasteiger charge is -2.00. The molecule has 0 atom stereocenters. The van der Waals surface area contributed by atoms with Crippen molar-refractivity contribution < 1.29 is 13.6 Å². The molecule has 0 radical (unpaired) electrons. The highest BCUT2D eigenvalue weighted by atomic mass is 16.4. The molecule has 0 aliphatic heterocycles. The van der Waals surface area contributed by atoms with E-state index in [-0.39, 0.29) is 11.8 Å². The Morgan fingerprint density at radius 2 is 1.72 bits per heavy atom. The second kappa shape index (κ2) is 5.90. The van der Waals surface area contributed by atoms with Crippen LogP contribution in [-0.2, 0) is 0 Å². The van der Waals surface area contributed by atoms with Gasteiger partial charge in [-0.15, -0.1) is 5.10 Å². The van der Waals surface area contributed by atoms with E-state index in [2.05, 4.69) is 21.6 Å². The quantitative estimate of drug-likeness (QED) is 0.603. The molecule has 1 amide bonds. The van der Waals surface area contributed by atoms with E-state index in [0.717, 1.165) is 22.1 Å². The van der Waals surface area contributed by atoms with Gasteiger partial charge in [0.05, 0.1) is 0 Å². The number of hydrogen-bond donors (Lipinski definition) is 1. The summed E-state index contributed by atoms with van der Waals surface area (Å²) in [7, 11) is 0. The summed E-state index contributed by atoms with van der Waals surface area (Å²) in [6, 6.07) is 15.1. The van der Waals surface area contributed by atoms with Gasteiger partial charge >= 0.3 is 6.01 Å². The van der Waals surface area contributed by atoms with Gasteiger partial charge in [0.25, 0.3) is 5.91 Å². The molecule has 124 valence electrons. The zero-order valence-corrected chi connectivity index (χ0v) is 13.7. The fourth-order valence-electron chi connectivity index (χ4n) is 2.74. The number of aromatic nitrogens is 2. The number of rotatable bonds is 3. The summed E-state index contributed by atoms with van der Waals surface area (Å²) in [6.07, 6.45) is 0. The van der Waals surface area contributed by atoms with Crippen molar-refractivity contribution in [1.29, 1.82) is 0 Å². The molecule has 0 bridgehead atoms. The molecule has 2 heterocycles. The molecule has 6 nitrogen and oxygen atoms in total. The SMILES string of the molecule is Cc1cc(C)cc(-c2nnc(NC(=O)c3cc4ccccc4o3)o2)c1. The van der Waals surface area contributed by atoms with Gasteiger partial charge in [0.1, 0.15) is 5.58 Å². The zero-order valence-electron chi connectivity index (χ0n) is 13.7. The van der Waals surface area contributed by atoms with Crippen LogP contribution in [0.15, 0.2) is 57.4 Å². The normalized spacial score (nSPS) is 11.0. The van der Waals surface area contributed by atoms with Crippen molar-refractivity contribution in [2.24, 2.45) is 0 Å². The summed E-state index contributed by atoms with van der Waals surface area (Å²) in [5, 5.41) is 11.3. The Balaban J connectivity index is 1.57. The molecular formula is C19H15N3O3. The van der Waals surface area contributed by atoms with Crippen molar-refractivity contribution in [1.82, 2.24) is 10.2 Å². The standard InChI is InChI=1S/C19H15N3O3/c1-11-7-12(2)9-14(8-11)18-21-22-19(25-18)20-17(23)16-10-13-5-3-4-6-15(13)24-16/h3-10H,1-2H3,(H,20,22,23). The van der Waals surface area contributed by atoms with Gasteiger partial charge in [-0.25, -0.2) is 0 Å². The predicted octanol–water partition coefficient (Wildman–Crippen LogP) is 4.35. The average Bonchev–Trinajstić information content (AvgIpc) is 3.20. The number of furan rings is 1. The van der Waals surface area contributed by atoms with Crippen LogP contribution >= 0.6 is 0 Å². The fourth-order valence-corrected chi connectivity index (χ4v) is 2.74. The third-order valence-electron chi connectivity index (χ3n) is 3.76. The van der Waals surface area contributed by atoms with Crippen LogP contribution in [-0.4, -0.2) is 16.1 Å². The zero-order chi connectivity index (χ0) is 17.4. The first-order valence-corrected chi connectivity index (χ1v) is 7.80. The molecule has 1 N–H and O–H groups in total. The minimum atomic E-state index is -0.438. The second-order valence-electron chi connectivity index (χ2n) is 5.89. The van der Waals surface area contributed by atoms with E-state index in [1.807, 2.05) is 44.2 Å².